The van der Waals surface area contributed by atoms with Crippen molar-refractivity contribution in [3.05, 3.63) is 212 Å². The molecule has 0 amide bonds. The van der Waals surface area contributed by atoms with E-state index >= 15 is 0 Å². The molecule has 0 aliphatic rings. The fraction of sp³-hybridized carbons (Fsp3) is 0. The van der Waals surface area contributed by atoms with Crippen LogP contribution in [0.2, 0.25) is 0 Å². The summed E-state index contributed by atoms with van der Waals surface area (Å²) in [5.41, 5.74) is 12.0. The lowest BCUT2D eigenvalue weighted by molar-refractivity contribution is 0.669. The second kappa shape index (κ2) is 13.2. The zero-order valence-corrected chi connectivity index (χ0v) is 30.6. The van der Waals surface area contributed by atoms with Crippen LogP contribution >= 0.6 is 0 Å². The Morgan fingerprint density at radius 1 is 0.304 bits per heavy atom. The number of rotatable bonds is 6. The van der Waals surface area contributed by atoms with Gasteiger partial charge in [0.05, 0.1) is 16.8 Å². The van der Waals surface area contributed by atoms with Crippen molar-refractivity contribution < 1.29 is 4.42 Å². The molecule has 2 heteroatoms. The molecular weight excluding hydrogens is 679 g/mol. The summed E-state index contributed by atoms with van der Waals surface area (Å²) in [6.07, 6.45) is 0. The van der Waals surface area contributed by atoms with Crippen LogP contribution in [0.5, 0.6) is 0 Å². The van der Waals surface area contributed by atoms with Gasteiger partial charge < -0.3 is 9.32 Å². The van der Waals surface area contributed by atoms with Crippen LogP contribution in [0.4, 0.5) is 17.1 Å². The Labute approximate surface area is 325 Å². The molecule has 0 atom stereocenters. The Morgan fingerprint density at radius 2 is 0.875 bits per heavy atom. The van der Waals surface area contributed by atoms with Gasteiger partial charge >= 0.3 is 0 Å². The van der Waals surface area contributed by atoms with Crippen molar-refractivity contribution in [2.75, 3.05) is 4.90 Å². The van der Waals surface area contributed by atoms with Gasteiger partial charge in [0.1, 0.15) is 11.2 Å². The van der Waals surface area contributed by atoms with E-state index in [1.54, 1.807) is 0 Å². The van der Waals surface area contributed by atoms with E-state index in [1.807, 2.05) is 6.07 Å². The minimum atomic E-state index is 0.866. The molecule has 2 nitrogen and oxygen atoms in total. The Balaban J connectivity index is 1.04. The maximum Gasteiger partial charge on any atom is 0.137 e. The van der Waals surface area contributed by atoms with Crippen molar-refractivity contribution >= 4 is 71.3 Å². The Morgan fingerprint density at radius 3 is 1.75 bits per heavy atom. The zero-order chi connectivity index (χ0) is 37.0. The normalized spacial score (nSPS) is 11.6. The summed E-state index contributed by atoms with van der Waals surface area (Å²) in [5, 5.41) is 9.73. The van der Waals surface area contributed by atoms with E-state index in [0.717, 1.165) is 55.7 Å². The van der Waals surface area contributed by atoms with Gasteiger partial charge in [-0.3, -0.25) is 0 Å². The van der Waals surface area contributed by atoms with Gasteiger partial charge in [0.25, 0.3) is 0 Å². The number of hydrogen-bond donors (Lipinski definition) is 0. The van der Waals surface area contributed by atoms with Gasteiger partial charge in [0.15, 0.2) is 0 Å². The monoisotopic (exact) mass is 713 g/mol. The molecule has 0 spiro atoms. The SMILES string of the molecule is c1cc(-c2ccc(-c3ccc4c(ccc5ccccc54)c3)cc2)cc(N(c2ccccc2-c2ccc3ccccc3c2)c2cccc3oc4ccccc4c23)c1. The van der Waals surface area contributed by atoms with Crippen LogP contribution in [0.3, 0.4) is 0 Å². The van der Waals surface area contributed by atoms with Crippen molar-refractivity contribution in [2.45, 2.75) is 0 Å². The molecule has 1 heterocycles. The number of para-hydroxylation sites is 2. The standard InChI is InChI=1S/C54H35NO/c1-2-13-40-33-44(29-27-36(40)11-1)48-17-5-7-19-50(48)55(51-20-10-22-53-54(51)49-18-6-8-21-52(49)56-53)45-15-9-14-41(35-45)37-23-25-38(26-24-37)42-31-32-47-43(34-42)30-28-39-12-3-4-16-46(39)47/h1-35H. The van der Waals surface area contributed by atoms with E-state index in [4.69, 9.17) is 4.42 Å². The van der Waals surface area contributed by atoms with E-state index in [2.05, 4.69) is 211 Å². The largest absolute Gasteiger partial charge is 0.456 e. The van der Waals surface area contributed by atoms with Crippen LogP contribution < -0.4 is 4.90 Å². The number of hydrogen-bond acceptors (Lipinski definition) is 2. The molecule has 0 unspecified atom stereocenters. The van der Waals surface area contributed by atoms with Gasteiger partial charge in [-0.1, -0.05) is 164 Å². The summed E-state index contributed by atoms with van der Waals surface area (Å²) >= 11 is 0. The molecule has 0 saturated carbocycles. The second-order valence-electron chi connectivity index (χ2n) is 14.5. The first-order chi connectivity index (χ1) is 27.7. The maximum atomic E-state index is 6.43. The van der Waals surface area contributed by atoms with Gasteiger partial charge in [-0.25, -0.2) is 0 Å². The van der Waals surface area contributed by atoms with E-state index in [9.17, 15) is 0 Å². The third kappa shape index (κ3) is 5.42. The third-order valence-electron chi connectivity index (χ3n) is 11.2. The fourth-order valence-corrected chi connectivity index (χ4v) is 8.49. The Bertz CT molecular complexity index is 3260. The number of nitrogens with zero attached hydrogens (tertiary/aromatic N) is 1. The van der Waals surface area contributed by atoms with E-state index in [-0.39, 0.29) is 0 Å². The van der Waals surface area contributed by atoms with Gasteiger partial charge in [0.2, 0.25) is 0 Å². The molecule has 0 bridgehead atoms. The highest BCUT2D eigenvalue weighted by Gasteiger charge is 2.22. The number of anilines is 3. The van der Waals surface area contributed by atoms with E-state index in [1.165, 1.54) is 49.0 Å². The molecule has 11 aromatic rings. The molecule has 262 valence electrons. The van der Waals surface area contributed by atoms with Crippen LogP contribution in [-0.2, 0) is 0 Å². The zero-order valence-electron chi connectivity index (χ0n) is 30.6. The average molecular weight is 714 g/mol. The lowest BCUT2D eigenvalue weighted by Gasteiger charge is -2.29. The number of furan rings is 1. The Kier molecular flexibility index (Phi) is 7.53. The molecule has 0 saturated heterocycles. The quantitative estimate of drug-likeness (QED) is 0.160. The van der Waals surface area contributed by atoms with Crippen LogP contribution in [0.25, 0.3) is 87.6 Å². The topological polar surface area (TPSA) is 16.4 Å². The predicted molar refractivity (Wildman–Crippen MR) is 237 cm³/mol. The molecule has 11 rings (SSSR count). The van der Waals surface area contributed by atoms with Gasteiger partial charge in [-0.05, 0) is 109 Å². The van der Waals surface area contributed by atoms with E-state index < -0.39 is 0 Å². The Hall–Kier alpha value is -7.42. The molecule has 56 heavy (non-hydrogen) atoms. The van der Waals surface area contributed by atoms with Crippen molar-refractivity contribution in [3.8, 4) is 33.4 Å². The fourth-order valence-electron chi connectivity index (χ4n) is 8.49. The highest BCUT2D eigenvalue weighted by molar-refractivity contribution is 6.14. The summed E-state index contributed by atoms with van der Waals surface area (Å²) in [7, 11) is 0. The van der Waals surface area contributed by atoms with Crippen molar-refractivity contribution in [2.24, 2.45) is 0 Å². The molecule has 0 fully saturated rings. The first-order valence-corrected chi connectivity index (χ1v) is 19.2. The predicted octanol–water partition coefficient (Wildman–Crippen LogP) is 15.5. The molecule has 0 aliphatic carbocycles. The van der Waals surface area contributed by atoms with Crippen LogP contribution in [0.15, 0.2) is 217 Å². The van der Waals surface area contributed by atoms with Crippen LogP contribution in [-0.4, -0.2) is 0 Å². The van der Waals surface area contributed by atoms with Crippen molar-refractivity contribution in [3.63, 3.8) is 0 Å². The van der Waals surface area contributed by atoms with Gasteiger partial charge in [-0.2, -0.15) is 0 Å². The molecule has 0 N–H and O–H groups in total. The summed E-state index contributed by atoms with van der Waals surface area (Å²) in [6.45, 7) is 0. The molecule has 0 aliphatic heterocycles. The van der Waals surface area contributed by atoms with Crippen LogP contribution in [0, 0.1) is 0 Å². The molecule has 1 aromatic heterocycles. The minimum absolute atomic E-state index is 0.866. The summed E-state index contributed by atoms with van der Waals surface area (Å²) < 4.78 is 6.43. The third-order valence-corrected chi connectivity index (χ3v) is 11.2. The van der Waals surface area contributed by atoms with Crippen molar-refractivity contribution in [1.29, 1.82) is 0 Å². The highest BCUT2D eigenvalue weighted by atomic mass is 16.3. The summed E-state index contributed by atoms with van der Waals surface area (Å²) in [4.78, 5) is 2.41. The van der Waals surface area contributed by atoms with Gasteiger partial charge in [0, 0.05) is 16.6 Å². The number of fused-ring (bicyclic) bond motifs is 7. The smallest absolute Gasteiger partial charge is 0.137 e. The lowest BCUT2D eigenvalue weighted by Crippen LogP contribution is -2.11. The first kappa shape index (κ1) is 32.0. The first-order valence-electron chi connectivity index (χ1n) is 19.2. The van der Waals surface area contributed by atoms with Crippen molar-refractivity contribution in [1.82, 2.24) is 0 Å². The number of benzene rings is 10. The van der Waals surface area contributed by atoms with Crippen LogP contribution in [0.1, 0.15) is 0 Å². The molecule has 0 radical (unpaired) electrons. The van der Waals surface area contributed by atoms with Gasteiger partial charge in [-0.15, -0.1) is 0 Å². The average Bonchev–Trinajstić information content (AvgIpc) is 3.66. The highest BCUT2D eigenvalue weighted by Crippen LogP contribution is 2.46. The lowest BCUT2D eigenvalue weighted by atomic mass is 9.96. The van der Waals surface area contributed by atoms with E-state index in [0.29, 0.717) is 0 Å². The maximum absolute atomic E-state index is 6.43. The molecular formula is C54H35NO. The summed E-state index contributed by atoms with van der Waals surface area (Å²) in [6, 6.07) is 76.6. The second-order valence-corrected chi connectivity index (χ2v) is 14.5. The molecule has 10 aromatic carbocycles. The minimum Gasteiger partial charge on any atom is -0.456 e. The summed E-state index contributed by atoms with van der Waals surface area (Å²) in [5.74, 6) is 0.